The molecule has 4 heterocycles. The van der Waals surface area contributed by atoms with Gasteiger partial charge in [-0.1, -0.05) is 38.1 Å². The number of aliphatic hydroxyl groups excluding tert-OH is 3. The number of aliphatic hydroxyl groups is 3. The zero-order chi connectivity index (χ0) is 61.0. The van der Waals surface area contributed by atoms with Crippen LogP contribution in [0.2, 0.25) is 0 Å². The van der Waals surface area contributed by atoms with Crippen LogP contribution >= 0.6 is 0 Å². The molecule has 0 spiro atoms. The summed E-state index contributed by atoms with van der Waals surface area (Å²) in [5, 5.41) is 207. The minimum atomic E-state index is -2.12. The predicted octanol–water partition coefficient (Wildman–Crippen LogP) is 7.74. The van der Waals surface area contributed by atoms with Crippen LogP contribution in [0.1, 0.15) is 122 Å². The third-order valence-electron chi connectivity index (χ3n) is 17.8. The fourth-order valence-electron chi connectivity index (χ4n) is 13.8. The largest absolute Gasteiger partial charge is 0.507 e. The van der Waals surface area contributed by atoms with Gasteiger partial charge in [0.2, 0.25) is 0 Å². The molecule has 0 radical (unpaired) electrons. The third kappa shape index (κ3) is 8.11. The van der Waals surface area contributed by atoms with Gasteiger partial charge in [-0.2, -0.15) is 0 Å². The lowest BCUT2D eigenvalue weighted by Gasteiger charge is -2.52. The van der Waals surface area contributed by atoms with Crippen LogP contribution in [0.3, 0.4) is 0 Å². The monoisotopic (exact) mass is 1180 g/mol. The topological polar surface area (TPSA) is 401 Å². The summed E-state index contributed by atoms with van der Waals surface area (Å²) in [4.78, 5) is 0. The lowest BCUT2D eigenvalue weighted by atomic mass is 9.62. The number of fused-ring (bicyclic) bond motifs is 10. The van der Waals surface area contributed by atoms with Gasteiger partial charge in [0.05, 0.1) is 17.9 Å². The summed E-state index contributed by atoms with van der Waals surface area (Å²) in [6, 6.07) is 19.1. The summed E-state index contributed by atoms with van der Waals surface area (Å²) >= 11 is 0. The molecule has 13 rings (SSSR count). The zero-order valence-electron chi connectivity index (χ0n) is 45.3. The number of hydrogen-bond donors (Lipinski definition) is 18. The molecule has 0 saturated carbocycles. The molecule has 0 saturated heterocycles. The molecule has 0 amide bonds. The predicted molar refractivity (Wildman–Crippen MR) is 298 cm³/mol. The molecule has 22 nitrogen and oxygen atoms in total. The highest BCUT2D eigenvalue weighted by molar-refractivity contribution is 5.74. The fraction of sp³-hybridized carbons (Fsp3) is 0.250. The van der Waals surface area contributed by atoms with Crippen LogP contribution in [-0.4, -0.2) is 110 Å². The maximum Gasteiger partial charge on any atom is 0.165 e. The minimum Gasteiger partial charge on any atom is -0.507 e. The van der Waals surface area contributed by atoms with Crippen molar-refractivity contribution in [2.75, 3.05) is 0 Å². The second-order valence-corrected chi connectivity index (χ2v) is 22.8. The lowest BCUT2D eigenvalue weighted by Crippen LogP contribution is -2.56. The lowest BCUT2D eigenvalue weighted by molar-refractivity contribution is -0.0909. The Morgan fingerprint density at radius 3 is 1.49 bits per heavy atom. The minimum absolute atomic E-state index is 0.00208. The van der Waals surface area contributed by atoms with Crippen LogP contribution in [-0.2, 0) is 24.9 Å². The molecule has 0 fully saturated rings. The van der Waals surface area contributed by atoms with Crippen LogP contribution in [0.25, 0.3) is 0 Å². The second-order valence-electron chi connectivity index (χ2n) is 22.8. The normalized spacial score (nSPS) is 24.5. The maximum atomic E-state index is 13.4. The van der Waals surface area contributed by atoms with E-state index in [2.05, 4.69) is 0 Å². The van der Waals surface area contributed by atoms with Crippen LogP contribution < -0.4 is 18.9 Å². The Morgan fingerprint density at radius 1 is 0.407 bits per heavy atom. The first-order valence-electron chi connectivity index (χ1n) is 27.3. The van der Waals surface area contributed by atoms with E-state index in [0.717, 1.165) is 60.7 Å². The van der Waals surface area contributed by atoms with Crippen molar-refractivity contribution in [3.63, 3.8) is 0 Å². The van der Waals surface area contributed by atoms with Gasteiger partial charge in [-0.05, 0) is 77.2 Å². The van der Waals surface area contributed by atoms with Crippen LogP contribution in [0.4, 0.5) is 0 Å². The number of ether oxygens (including phenoxy) is 4. The molecule has 0 aromatic heterocycles. The molecule has 11 unspecified atom stereocenters. The molecular weight excluding hydrogens is 1120 g/mol. The Balaban J connectivity index is 1.06. The fourth-order valence-corrected chi connectivity index (χ4v) is 13.8. The molecule has 5 aliphatic rings. The Morgan fingerprint density at radius 2 is 0.884 bits per heavy atom. The molecule has 8 aromatic rings. The van der Waals surface area contributed by atoms with Crippen molar-refractivity contribution in [3.05, 3.63) is 169 Å². The number of benzene rings is 8. The van der Waals surface area contributed by atoms with Crippen molar-refractivity contribution < 1.29 is 111 Å². The molecule has 444 valence electrons. The molecule has 11 atom stereocenters. The van der Waals surface area contributed by atoms with E-state index in [1.54, 1.807) is 13.0 Å². The van der Waals surface area contributed by atoms with Gasteiger partial charge in [-0.3, -0.25) is 0 Å². The summed E-state index contributed by atoms with van der Waals surface area (Å²) in [6.45, 7) is 3.44. The summed E-state index contributed by atoms with van der Waals surface area (Å²) in [6.07, 6.45) is -9.84. The van der Waals surface area contributed by atoms with E-state index >= 15 is 0 Å². The number of rotatable bonds is 7. The Kier molecular flexibility index (Phi) is 12.5. The summed E-state index contributed by atoms with van der Waals surface area (Å²) in [5.74, 6) is -14.1. The first kappa shape index (κ1) is 55.1. The van der Waals surface area contributed by atoms with E-state index in [9.17, 15) is 91.9 Å². The summed E-state index contributed by atoms with van der Waals surface area (Å²) in [5.41, 5.74) is -2.09. The second kappa shape index (κ2) is 19.5. The van der Waals surface area contributed by atoms with Gasteiger partial charge in [-0.15, -0.1) is 0 Å². The molecule has 18 N–H and O–H groups in total. The highest BCUT2D eigenvalue weighted by Crippen LogP contribution is 2.66. The van der Waals surface area contributed by atoms with Crippen molar-refractivity contribution in [1.29, 1.82) is 0 Å². The van der Waals surface area contributed by atoms with E-state index in [4.69, 9.17) is 18.9 Å². The number of phenolic OH excluding ortho intramolecular Hbond substituents is 15. The van der Waals surface area contributed by atoms with Gasteiger partial charge in [0.1, 0.15) is 87.7 Å². The molecule has 4 aliphatic heterocycles. The van der Waals surface area contributed by atoms with Gasteiger partial charge in [0.25, 0.3) is 0 Å². The van der Waals surface area contributed by atoms with Crippen molar-refractivity contribution in [1.82, 2.24) is 0 Å². The van der Waals surface area contributed by atoms with Gasteiger partial charge in [-0.25, -0.2) is 0 Å². The van der Waals surface area contributed by atoms with E-state index in [1.807, 2.05) is 6.92 Å². The van der Waals surface area contributed by atoms with E-state index in [-0.39, 0.29) is 120 Å². The molecule has 22 heteroatoms. The highest BCUT2D eigenvalue weighted by atomic mass is 16.5. The molecular formula is C64H56O22. The van der Waals surface area contributed by atoms with E-state index < -0.39 is 141 Å². The van der Waals surface area contributed by atoms with Crippen molar-refractivity contribution in [2.45, 2.75) is 93.1 Å². The van der Waals surface area contributed by atoms with Gasteiger partial charge in [0, 0.05) is 99.0 Å². The summed E-state index contributed by atoms with van der Waals surface area (Å²) < 4.78 is 27.0. The number of aromatic hydroxyl groups is 15. The Bertz CT molecular complexity index is 4180. The average Bonchev–Trinajstić information content (AvgIpc) is 0.696. The average molecular weight is 1180 g/mol. The smallest absolute Gasteiger partial charge is 0.165 e. The van der Waals surface area contributed by atoms with Gasteiger partial charge >= 0.3 is 0 Å². The standard InChI is InChI=1S/C64H56O22/c1-22-11-28-35(69)17-42(76)49(60(28)83-57(22)24-3-7-31(65)37(71)12-24)23(2)48-30-21-64(27-6-10-34(68)40(74)15-27)63(82)55(50(30)43(77)19-41(48)75)53-47(86-64)20-45(79)52-54(56(81)59(85-62(52)53)26-5-9-33(67)39(73)14-26)51-44(78)18-36(70)29-16-46(80)58(84-61(29)51)25-4-8-32(66)38(72)13-25/h3-10,12-15,17-20,22-23,46,54-59,63,65-82H,11,16,21H2,1-2H3. The van der Waals surface area contributed by atoms with Crippen molar-refractivity contribution >= 4 is 0 Å². The molecule has 2 bridgehead atoms. The van der Waals surface area contributed by atoms with E-state index in [0.29, 0.717) is 5.56 Å². The highest BCUT2D eigenvalue weighted by Gasteiger charge is 2.60. The SMILES string of the molecule is CC(c1c(O)cc(O)c2c1CC1(c3ccc(O)c(O)c3)Oc3cc(O)c4c(c3C2C1O)OC(c1ccc(O)c(O)c1)C(O)C4c1c(O)cc(O)c2c1OC(c1ccc(O)c(O)c1)C(O)C2)c1c(O)cc(O)c2c1OC(c1ccc(O)c(O)c1)C(C)C2. The number of hydrogen-bond acceptors (Lipinski definition) is 22. The van der Waals surface area contributed by atoms with Crippen LogP contribution in [0.5, 0.6) is 109 Å². The number of phenols is 15. The van der Waals surface area contributed by atoms with E-state index in [1.165, 1.54) is 30.3 Å². The maximum absolute atomic E-state index is 13.4. The van der Waals surface area contributed by atoms with Gasteiger partial charge < -0.3 is 111 Å². The van der Waals surface area contributed by atoms with Crippen LogP contribution in [0.15, 0.2) is 97.1 Å². The molecule has 8 aromatic carbocycles. The quantitative estimate of drug-likeness (QED) is 0.0678. The third-order valence-corrected chi connectivity index (χ3v) is 17.8. The van der Waals surface area contributed by atoms with Crippen LogP contribution in [0, 0.1) is 5.92 Å². The molecule has 86 heavy (non-hydrogen) atoms. The molecule has 1 aliphatic carbocycles. The Hall–Kier alpha value is -10.2. The zero-order valence-corrected chi connectivity index (χ0v) is 45.3. The first-order valence-corrected chi connectivity index (χ1v) is 27.3. The first-order chi connectivity index (χ1) is 40.9. The van der Waals surface area contributed by atoms with Crippen molar-refractivity contribution in [3.8, 4) is 109 Å². The van der Waals surface area contributed by atoms with Crippen molar-refractivity contribution in [2.24, 2.45) is 5.92 Å². The summed E-state index contributed by atoms with van der Waals surface area (Å²) in [7, 11) is 0. The van der Waals surface area contributed by atoms with Gasteiger partial charge in [0.15, 0.2) is 57.7 Å². The Labute approximate surface area is 486 Å².